The number of sulfone groups is 1. The van der Waals surface area contributed by atoms with E-state index in [0.717, 1.165) is 17.2 Å². The Bertz CT molecular complexity index is 1300. The van der Waals surface area contributed by atoms with Gasteiger partial charge in [-0.05, 0) is 49.4 Å². The van der Waals surface area contributed by atoms with Crippen molar-refractivity contribution in [3.05, 3.63) is 79.1 Å². The molecule has 2 N–H and O–H groups in total. The number of hydrogen-bond acceptors (Lipinski definition) is 7. The second-order valence-electron chi connectivity index (χ2n) is 6.86. The molecular weight excluding hydrogens is 412 g/mol. The molecule has 158 valence electrons. The molecule has 2 aromatic heterocycles. The van der Waals surface area contributed by atoms with Gasteiger partial charge in [0.1, 0.15) is 23.8 Å². The average molecular weight is 435 g/mol. The monoisotopic (exact) mass is 434 g/mol. The van der Waals surface area contributed by atoms with Crippen LogP contribution in [0.25, 0.3) is 5.69 Å². The van der Waals surface area contributed by atoms with Gasteiger partial charge >= 0.3 is 0 Å². The number of anilines is 4. The zero-order chi connectivity index (χ0) is 21.8. The van der Waals surface area contributed by atoms with Crippen molar-refractivity contribution in [2.45, 2.75) is 18.7 Å². The summed E-state index contributed by atoms with van der Waals surface area (Å²) in [5.41, 5.74) is 2.54. The SMILES string of the molecule is CCS(=O)(=O)c1cccc(Nc2cc(Nc3ccc(-n4ccnc4C)cc3)ncn2)c1. The first-order valence-corrected chi connectivity index (χ1v) is 11.4. The van der Waals surface area contributed by atoms with Crippen molar-refractivity contribution in [3.63, 3.8) is 0 Å². The smallest absolute Gasteiger partial charge is 0.178 e. The van der Waals surface area contributed by atoms with Gasteiger partial charge in [-0.3, -0.25) is 0 Å². The molecule has 31 heavy (non-hydrogen) atoms. The van der Waals surface area contributed by atoms with Crippen LogP contribution >= 0.6 is 0 Å². The lowest BCUT2D eigenvalue weighted by Crippen LogP contribution is -2.04. The highest BCUT2D eigenvalue weighted by atomic mass is 32.2. The Morgan fingerprint density at radius 1 is 0.903 bits per heavy atom. The number of aromatic nitrogens is 4. The van der Waals surface area contributed by atoms with Gasteiger partial charge < -0.3 is 15.2 Å². The Hall–Kier alpha value is -3.72. The molecule has 9 heteroatoms. The van der Waals surface area contributed by atoms with Crippen LogP contribution in [0.3, 0.4) is 0 Å². The van der Waals surface area contributed by atoms with Gasteiger partial charge in [-0.15, -0.1) is 0 Å². The van der Waals surface area contributed by atoms with E-state index in [9.17, 15) is 8.42 Å². The third-order valence-electron chi connectivity index (χ3n) is 4.76. The summed E-state index contributed by atoms with van der Waals surface area (Å²) >= 11 is 0. The molecule has 0 saturated carbocycles. The van der Waals surface area contributed by atoms with E-state index in [1.807, 2.05) is 42.0 Å². The van der Waals surface area contributed by atoms with Crippen LogP contribution in [0.15, 0.2) is 78.2 Å². The fourth-order valence-corrected chi connectivity index (χ4v) is 4.01. The molecule has 8 nitrogen and oxygen atoms in total. The summed E-state index contributed by atoms with van der Waals surface area (Å²) in [5.74, 6) is 2.13. The predicted molar refractivity (Wildman–Crippen MR) is 121 cm³/mol. The van der Waals surface area contributed by atoms with Crippen LogP contribution in [0.5, 0.6) is 0 Å². The second kappa shape index (κ2) is 8.57. The summed E-state index contributed by atoms with van der Waals surface area (Å²) < 4.78 is 26.2. The summed E-state index contributed by atoms with van der Waals surface area (Å²) in [6.07, 6.45) is 5.13. The van der Waals surface area contributed by atoms with Crippen molar-refractivity contribution in [3.8, 4) is 5.69 Å². The Labute approximate surface area is 181 Å². The van der Waals surface area contributed by atoms with Gasteiger partial charge in [0, 0.05) is 35.5 Å². The zero-order valence-corrected chi connectivity index (χ0v) is 18.0. The highest BCUT2D eigenvalue weighted by Gasteiger charge is 2.12. The van der Waals surface area contributed by atoms with Crippen LogP contribution in [0, 0.1) is 6.92 Å². The van der Waals surface area contributed by atoms with Crippen LogP contribution in [-0.2, 0) is 9.84 Å². The molecule has 4 aromatic rings. The molecule has 0 amide bonds. The van der Waals surface area contributed by atoms with Crippen LogP contribution in [0.4, 0.5) is 23.0 Å². The molecule has 0 bridgehead atoms. The number of aryl methyl sites for hydroxylation is 1. The Balaban J connectivity index is 1.49. The van der Waals surface area contributed by atoms with Crippen molar-refractivity contribution >= 4 is 32.8 Å². The maximum absolute atomic E-state index is 12.1. The van der Waals surface area contributed by atoms with Gasteiger partial charge in [-0.2, -0.15) is 0 Å². The van der Waals surface area contributed by atoms with Crippen molar-refractivity contribution in [1.29, 1.82) is 0 Å². The summed E-state index contributed by atoms with van der Waals surface area (Å²) in [5, 5.41) is 6.38. The lowest BCUT2D eigenvalue weighted by Gasteiger charge is -2.11. The second-order valence-corrected chi connectivity index (χ2v) is 9.14. The van der Waals surface area contributed by atoms with E-state index in [0.29, 0.717) is 17.3 Å². The first-order chi connectivity index (χ1) is 14.9. The molecule has 2 aromatic carbocycles. The third-order valence-corrected chi connectivity index (χ3v) is 6.49. The zero-order valence-electron chi connectivity index (χ0n) is 17.1. The van der Waals surface area contributed by atoms with Gasteiger partial charge in [0.25, 0.3) is 0 Å². The number of nitrogens with one attached hydrogen (secondary N) is 2. The minimum atomic E-state index is -3.28. The van der Waals surface area contributed by atoms with Gasteiger partial charge in [0.15, 0.2) is 9.84 Å². The average Bonchev–Trinajstić information content (AvgIpc) is 3.20. The van der Waals surface area contributed by atoms with E-state index in [-0.39, 0.29) is 10.6 Å². The summed E-state index contributed by atoms with van der Waals surface area (Å²) in [6.45, 7) is 3.58. The summed E-state index contributed by atoms with van der Waals surface area (Å²) in [7, 11) is -3.28. The normalized spacial score (nSPS) is 11.3. The maximum Gasteiger partial charge on any atom is 0.178 e. The molecule has 0 saturated heterocycles. The van der Waals surface area contributed by atoms with E-state index in [1.165, 1.54) is 6.33 Å². The van der Waals surface area contributed by atoms with Crippen molar-refractivity contribution in [2.24, 2.45) is 0 Å². The van der Waals surface area contributed by atoms with Gasteiger partial charge in [0.2, 0.25) is 0 Å². The number of rotatable bonds is 7. The molecule has 4 rings (SSSR count). The molecule has 0 aliphatic carbocycles. The Kier molecular flexibility index (Phi) is 5.68. The van der Waals surface area contributed by atoms with E-state index in [4.69, 9.17) is 0 Å². The van der Waals surface area contributed by atoms with Crippen molar-refractivity contribution in [2.75, 3.05) is 16.4 Å². The summed E-state index contributed by atoms with van der Waals surface area (Å²) in [4.78, 5) is 13.0. The van der Waals surface area contributed by atoms with E-state index in [2.05, 4.69) is 25.6 Å². The molecule has 0 atom stereocenters. The highest BCUT2D eigenvalue weighted by Crippen LogP contribution is 2.23. The number of hydrogen-bond donors (Lipinski definition) is 2. The number of nitrogens with zero attached hydrogens (tertiary/aromatic N) is 4. The van der Waals surface area contributed by atoms with Gasteiger partial charge in [0.05, 0.1) is 10.6 Å². The molecule has 0 aliphatic rings. The van der Waals surface area contributed by atoms with E-state index < -0.39 is 9.84 Å². The minimum Gasteiger partial charge on any atom is -0.340 e. The molecule has 0 spiro atoms. The van der Waals surface area contributed by atoms with Crippen molar-refractivity contribution < 1.29 is 8.42 Å². The molecule has 2 heterocycles. The molecule has 0 aliphatic heterocycles. The van der Waals surface area contributed by atoms with E-state index in [1.54, 1.807) is 43.5 Å². The summed E-state index contributed by atoms with van der Waals surface area (Å²) in [6, 6.07) is 16.4. The molecule has 0 unspecified atom stereocenters. The minimum absolute atomic E-state index is 0.0528. The highest BCUT2D eigenvalue weighted by molar-refractivity contribution is 7.91. The third kappa shape index (κ3) is 4.72. The Morgan fingerprint density at radius 2 is 1.61 bits per heavy atom. The fraction of sp³-hybridized carbons (Fsp3) is 0.136. The van der Waals surface area contributed by atoms with E-state index >= 15 is 0 Å². The van der Waals surface area contributed by atoms with Crippen molar-refractivity contribution in [1.82, 2.24) is 19.5 Å². The number of imidazole rings is 1. The quantitative estimate of drug-likeness (QED) is 0.448. The molecular formula is C22H22N6O2S. The molecule has 0 radical (unpaired) electrons. The largest absolute Gasteiger partial charge is 0.340 e. The van der Waals surface area contributed by atoms with Gasteiger partial charge in [-0.25, -0.2) is 23.4 Å². The molecule has 0 fully saturated rings. The fourth-order valence-electron chi connectivity index (χ4n) is 3.08. The topological polar surface area (TPSA) is 102 Å². The maximum atomic E-state index is 12.1. The van der Waals surface area contributed by atoms with Crippen LogP contribution < -0.4 is 10.6 Å². The first kappa shape index (κ1) is 20.5. The first-order valence-electron chi connectivity index (χ1n) is 9.74. The van der Waals surface area contributed by atoms with Crippen LogP contribution in [0.1, 0.15) is 12.7 Å². The standard InChI is InChI=1S/C22H22N6O2S/c1-3-31(29,30)20-6-4-5-18(13-20)27-22-14-21(24-15-25-22)26-17-7-9-19(10-8-17)28-12-11-23-16(28)2/h4-15H,3H2,1-2H3,(H2,24,25,26,27). The van der Waals surface area contributed by atoms with Crippen LogP contribution in [-0.4, -0.2) is 33.7 Å². The predicted octanol–water partition coefficient (Wildman–Crippen LogP) is 4.25. The van der Waals surface area contributed by atoms with Gasteiger partial charge in [-0.1, -0.05) is 13.0 Å². The lowest BCUT2D eigenvalue weighted by molar-refractivity contribution is 0.597. The lowest BCUT2D eigenvalue weighted by atomic mass is 10.2. The Morgan fingerprint density at radius 3 is 2.26 bits per heavy atom. The number of benzene rings is 2. The van der Waals surface area contributed by atoms with Crippen LogP contribution in [0.2, 0.25) is 0 Å².